The van der Waals surface area contributed by atoms with Crippen molar-refractivity contribution in [3.8, 4) is 11.5 Å². The maximum Gasteiger partial charge on any atom is 0.248 e. The van der Waals surface area contributed by atoms with E-state index in [1.807, 2.05) is 26.1 Å². The van der Waals surface area contributed by atoms with Gasteiger partial charge in [0.2, 0.25) is 5.91 Å². The van der Waals surface area contributed by atoms with Crippen LogP contribution in [0.15, 0.2) is 53.7 Å². The van der Waals surface area contributed by atoms with Crippen molar-refractivity contribution < 1.29 is 13.9 Å². The van der Waals surface area contributed by atoms with Gasteiger partial charge in [-0.1, -0.05) is 12.1 Å². The molecule has 30 heavy (non-hydrogen) atoms. The Morgan fingerprint density at radius 1 is 1.33 bits per heavy atom. The summed E-state index contributed by atoms with van der Waals surface area (Å²) in [6.07, 6.45) is 3.57. The number of likely N-dealkylation sites (N-methyl/N-ethyl adjacent to an activating group) is 1. The Hall–Kier alpha value is -3.19. The number of hydrogen-bond donors (Lipinski definition) is 3. The van der Waals surface area contributed by atoms with Gasteiger partial charge >= 0.3 is 0 Å². The molecule has 1 fully saturated rings. The van der Waals surface area contributed by atoms with Crippen molar-refractivity contribution in [1.29, 1.82) is 5.41 Å². The molecule has 2 aromatic carbocycles. The minimum Gasteiger partial charge on any atom is -0.454 e. The number of nitrogens with two attached hydrogens (primary N) is 1. The number of carbonyl (C=O) groups excluding carboxylic acids is 1. The number of nitrogens with one attached hydrogen (secondary N) is 2. The Kier molecular flexibility index (Phi) is 6.84. The molecule has 0 saturated carbocycles. The third-order valence-corrected chi connectivity index (χ3v) is 5.36. The molecular formula is C23H27FN4O2. The van der Waals surface area contributed by atoms with Crippen LogP contribution < -0.4 is 15.8 Å². The Morgan fingerprint density at radius 3 is 2.67 bits per heavy atom. The lowest BCUT2D eigenvalue weighted by atomic mass is 10.1. The van der Waals surface area contributed by atoms with Crippen molar-refractivity contribution in [2.24, 2.45) is 5.73 Å². The van der Waals surface area contributed by atoms with E-state index in [0.717, 1.165) is 48.8 Å². The molecule has 1 aliphatic heterocycles. The quantitative estimate of drug-likeness (QED) is 0.577. The van der Waals surface area contributed by atoms with Crippen molar-refractivity contribution in [2.75, 3.05) is 13.6 Å². The van der Waals surface area contributed by atoms with Gasteiger partial charge in [-0.2, -0.15) is 0 Å². The van der Waals surface area contributed by atoms with Gasteiger partial charge in [0.15, 0.2) is 11.6 Å². The summed E-state index contributed by atoms with van der Waals surface area (Å²) in [6, 6.07) is 11.7. The zero-order valence-electron chi connectivity index (χ0n) is 17.2. The van der Waals surface area contributed by atoms with Crippen LogP contribution in [0, 0.1) is 11.2 Å². The Bertz CT molecular complexity index is 956. The summed E-state index contributed by atoms with van der Waals surface area (Å²) in [4.78, 5) is 13.5. The molecule has 6 nitrogen and oxygen atoms in total. The third kappa shape index (κ3) is 4.86. The molecule has 0 aliphatic carbocycles. The van der Waals surface area contributed by atoms with Gasteiger partial charge in [0, 0.05) is 31.1 Å². The SMILES string of the molecule is CN/C(=C(/C)C=N)C1CCCN1Cc1ccc(Oc2ccc(C(N)=O)cc2F)cc1. The largest absolute Gasteiger partial charge is 0.454 e. The van der Waals surface area contributed by atoms with Crippen LogP contribution in [0.5, 0.6) is 11.5 Å². The minimum atomic E-state index is -0.683. The standard InChI is InChI=1S/C23H27FN4O2/c1-15(13-25)22(27-2)20-4-3-11-28(20)14-16-5-8-18(9-6-16)30-21-10-7-17(23(26)29)12-19(21)24/h5-10,12-13,20,25,27H,3-4,11,14H2,1-2H3,(H2,26,29)/b22-15-,25-13?. The van der Waals surface area contributed by atoms with Gasteiger partial charge in [-0.05, 0) is 67.8 Å². The minimum absolute atomic E-state index is 0.0401. The predicted molar refractivity (Wildman–Crippen MR) is 115 cm³/mol. The molecule has 3 rings (SSSR count). The number of rotatable bonds is 8. The van der Waals surface area contributed by atoms with Crippen LogP contribution in [-0.4, -0.2) is 36.7 Å². The van der Waals surface area contributed by atoms with Crippen LogP contribution in [0.4, 0.5) is 4.39 Å². The van der Waals surface area contributed by atoms with Gasteiger partial charge in [-0.3, -0.25) is 9.69 Å². The van der Waals surface area contributed by atoms with Gasteiger partial charge in [0.05, 0.1) is 6.04 Å². The van der Waals surface area contributed by atoms with Crippen LogP contribution in [0.3, 0.4) is 0 Å². The number of ether oxygens (including phenoxy) is 1. The van der Waals surface area contributed by atoms with Crippen LogP contribution in [-0.2, 0) is 6.54 Å². The zero-order chi connectivity index (χ0) is 21.7. The fourth-order valence-corrected chi connectivity index (χ4v) is 3.81. The summed E-state index contributed by atoms with van der Waals surface area (Å²) in [5.74, 6) is -0.767. The highest BCUT2D eigenvalue weighted by Crippen LogP contribution is 2.28. The van der Waals surface area contributed by atoms with Crippen molar-refractivity contribution >= 4 is 12.1 Å². The van der Waals surface area contributed by atoms with E-state index in [4.69, 9.17) is 15.9 Å². The highest BCUT2D eigenvalue weighted by Gasteiger charge is 2.28. The van der Waals surface area contributed by atoms with Crippen molar-refractivity contribution in [3.63, 3.8) is 0 Å². The van der Waals surface area contributed by atoms with Crippen molar-refractivity contribution in [1.82, 2.24) is 10.2 Å². The molecule has 7 heteroatoms. The lowest BCUT2D eigenvalue weighted by Gasteiger charge is -2.27. The highest BCUT2D eigenvalue weighted by molar-refractivity contribution is 5.92. The van der Waals surface area contributed by atoms with E-state index in [1.54, 1.807) is 12.1 Å². The average Bonchev–Trinajstić information content (AvgIpc) is 3.18. The van der Waals surface area contributed by atoms with E-state index in [2.05, 4.69) is 10.2 Å². The summed E-state index contributed by atoms with van der Waals surface area (Å²) in [5, 5.41) is 10.8. The summed E-state index contributed by atoms with van der Waals surface area (Å²) in [6.45, 7) is 3.73. The molecule has 2 aromatic rings. The number of allylic oxidation sites excluding steroid dienone is 1. The molecule has 0 radical (unpaired) electrons. The maximum absolute atomic E-state index is 14.1. The van der Waals surface area contributed by atoms with E-state index in [-0.39, 0.29) is 17.4 Å². The fourth-order valence-electron chi connectivity index (χ4n) is 3.81. The molecule has 1 aliphatic rings. The van der Waals surface area contributed by atoms with E-state index < -0.39 is 11.7 Å². The van der Waals surface area contributed by atoms with E-state index >= 15 is 0 Å². The van der Waals surface area contributed by atoms with Crippen molar-refractivity contribution in [2.45, 2.75) is 32.4 Å². The van der Waals surface area contributed by atoms with Crippen LogP contribution >= 0.6 is 0 Å². The number of amides is 1. The smallest absolute Gasteiger partial charge is 0.248 e. The normalized spacial score (nSPS) is 17.4. The van der Waals surface area contributed by atoms with Crippen molar-refractivity contribution in [3.05, 3.63) is 70.7 Å². The molecule has 1 atom stereocenters. The molecule has 0 spiro atoms. The molecule has 1 saturated heterocycles. The molecule has 0 aromatic heterocycles. The first-order chi connectivity index (χ1) is 14.4. The first kappa shape index (κ1) is 21.5. The number of nitrogens with zero attached hydrogens (tertiary/aromatic N) is 1. The van der Waals surface area contributed by atoms with Gasteiger partial charge in [-0.15, -0.1) is 0 Å². The molecule has 4 N–H and O–H groups in total. The number of hydrogen-bond acceptors (Lipinski definition) is 5. The lowest BCUT2D eigenvalue weighted by Crippen LogP contribution is -2.35. The summed E-state index contributed by atoms with van der Waals surface area (Å²) < 4.78 is 19.7. The molecule has 158 valence electrons. The molecule has 0 bridgehead atoms. The molecular weight excluding hydrogens is 383 g/mol. The number of halogens is 1. The summed E-state index contributed by atoms with van der Waals surface area (Å²) in [7, 11) is 1.90. The summed E-state index contributed by atoms with van der Waals surface area (Å²) in [5.41, 5.74) is 8.43. The Labute approximate surface area is 176 Å². The first-order valence-electron chi connectivity index (χ1n) is 9.92. The second kappa shape index (κ2) is 9.54. The van der Waals surface area contributed by atoms with Crippen LogP contribution in [0.2, 0.25) is 0 Å². The van der Waals surface area contributed by atoms with Gasteiger partial charge in [0.25, 0.3) is 0 Å². The second-order valence-corrected chi connectivity index (χ2v) is 7.37. The molecule has 1 unspecified atom stereocenters. The van der Waals surface area contributed by atoms with E-state index in [0.29, 0.717) is 5.75 Å². The lowest BCUT2D eigenvalue weighted by molar-refractivity contribution is 0.1000. The number of carbonyl (C=O) groups is 1. The van der Waals surface area contributed by atoms with E-state index in [1.165, 1.54) is 18.3 Å². The monoisotopic (exact) mass is 410 g/mol. The highest BCUT2D eigenvalue weighted by atomic mass is 19.1. The number of primary amides is 1. The van der Waals surface area contributed by atoms with Crippen LogP contribution in [0.1, 0.15) is 35.7 Å². The van der Waals surface area contributed by atoms with Crippen LogP contribution in [0.25, 0.3) is 0 Å². The predicted octanol–water partition coefficient (Wildman–Crippen LogP) is 3.82. The van der Waals surface area contributed by atoms with Gasteiger partial charge in [0.1, 0.15) is 5.75 Å². The fraction of sp³-hybridized carbons (Fsp3) is 0.304. The van der Waals surface area contributed by atoms with Gasteiger partial charge < -0.3 is 21.2 Å². The number of likely N-dealkylation sites (tertiary alicyclic amines) is 1. The second-order valence-electron chi connectivity index (χ2n) is 7.37. The average molecular weight is 410 g/mol. The Balaban J connectivity index is 1.69. The zero-order valence-corrected chi connectivity index (χ0v) is 17.2. The maximum atomic E-state index is 14.1. The number of benzene rings is 2. The Morgan fingerprint density at radius 2 is 2.07 bits per heavy atom. The molecule has 1 heterocycles. The first-order valence-corrected chi connectivity index (χ1v) is 9.92. The van der Waals surface area contributed by atoms with E-state index in [9.17, 15) is 9.18 Å². The molecule has 1 amide bonds. The summed E-state index contributed by atoms with van der Waals surface area (Å²) >= 11 is 0. The third-order valence-electron chi connectivity index (χ3n) is 5.36. The van der Waals surface area contributed by atoms with Gasteiger partial charge in [-0.25, -0.2) is 4.39 Å². The topological polar surface area (TPSA) is 91.4 Å².